The monoisotopic (exact) mass is 514 g/mol. The van der Waals surface area contributed by atoms with Crippen molar-refractivity contribution in [2.45, 2.75) is 12.1 Å². The van der Waals surface area contributed by atoms with Crippen LogP contribution in [0, 0.1) is 22.0 Å². The predicted molar refractivity (Wildman–Crippen MR) is 134 cm³/mol. The van der Waals surface area contributed by atoms with E-state index in [0.29, 0.717) is 11.3 Å². The van der Waals surface area contributed by atoms with E-state index in [1.165, 1.54) is 30.2 Å². The van der Waals surface area contributed by atoms with Gasteiger partial charge in [-0.2, -0.15) is 0 Å². The number of imide groups is 1. The molecule has 5 rings (SSSR count). The molecule has 11 nitrogen and oxygen atoms in total. The number of ether oxygens (including phenoxy) is 1. The Morgan fingerprint density at radius 1 is 0.921 bits per heavy atom. The van der Waals surface area contributed by atoms with Crippen molar-refractivity contribution < 1.29 is 28.8 Å². The van der Waals surface area contributed by atoms with Gasteiger partial charge in [-0.1, -0.05) is 36.4 Å². The summed E-state index contributed by atoms with van der Waals surface area (Å²) in [5.41, 5.74) is 6.23. The Morgan fingerprint density at radius 2 is 1.58 bits per heavy atom. The van der Waals surface area contributed by atoms with E-state index in [9.17, 15) is 29.3 Å². The molecule has 3 aromatic carbocycles. The van der Waals surface area contributed by atoms with Gasteiger partial charge in [0, 0.05) is 17.7 Å². The third-order valence-corrected chi connectivity index (χ3v) is 6.98. The number of fused-ring (bicyclic) bond motifs is 1. The number of carbonyl (C=O) groups excluding carboxylic acids is 4. The second kappa shape index (κ2) is 9.43. The highest BCUT2D eigenvalue weighted by Gasteiger charge is 2.65. The Bertz CT molecular complexity index is 1460. The second-order valence-corrected chi connectivity index (χ2v) is 8.98. The SMILES string of the molecule is COc1ccc(C2C3C(=O)N(c4cccc([N+](=O)[O-])c4)C(=O)C3C(C(N)=O)N2C(=O)c2ccccc2)cc1. The fourth-order valence-electron chi connectivity index (χ4n) is 5.36. The van der Waals surface area contributed by atoms with Crippen LogP contribution in [0.2, 0.25) is 0 Å². The number of methoxy groups -OCH3 is 1. The van der Waals surface area contributed by atoms with Gasteiger partial charge in [0.05, 0.1) is 35.6 Å². The summed E-state index contributed by atoms with van der Waals surface area (Å²) in [5.74, 6) is -4.85. The summed E-state index contributed by atoms with van der Waals surface area (Å²) in [6.45, 7) is 0. The summed E-state index contributed by atoms with van der Waals surface area (Å²) < 4.78 is 5.23. The number of nitro groups is 1. The highest BCUT2D eigenvalue weighted by Crippen LogP contribution is 2.51. The molecule has 0 bridgehead atoms. The minimum atomic E-state index is -1.43. The summed E-state index contributed by atoms with van der Waals surface area (Å²) >= 11 is 0. The summed E-state index contributed by atoms with van der Waals surface area (Å²) in [6.07, 6.45) is 0. The maximum Gasteiger partial charge on any atom is 0.271 e. The number of hydrogen-bond donors (Lipinski definition) is 1. The zero-order valence-corrected chi connectivity index (χ0v) is 20.1. The molecular weight excluding hydrogens is 492 g/mol. The number of nitro benzene ring substituents is 1. The largest absolute Gasteiger partial charge is 0.497 e. The molecule has 4 atom stereocenters. The summed E-state index contributed by atoms with van der Waals surface area (Å²) in [6, 6.07) is 17.5. The summed E-state index contributed by atoms with van der Waals surface area (Å²) in [5, 5.41) is 11.3. The molecule has 2 aliphatic heterocycles. The molecule has 38 heavy (non-hydrogen) atoms. The third-order valence-electron chi connectivity index (χ3n) is 6.98. The van der Waals surface area contributed by atoms with Crippen LogP contribution in [-0.2, 0) is 14.4 Å². The molecule has 0 aromatic heterocycles. The molecule has 0 saturated carbocycles. The van der Waals surface area contributed by atoms with Crippen LogP contribution in [0.15, 0.2) is 78.9 Å². The highest BCUT2D eigenvalue weighted by molar-refractivity contribution is 6.24. The van der Waals surface area contributed by atoms with Gasteiger partial charge in [-0.15, -0.1) is 0 Å². The van der Waals surface area contributed by atoms with E-state index in [4.69, 9.17) is 10.5 Å². The lowest BCUT2D eigenvalue weighted by molar-refractivity contribution is -0.384. The van der Waals surface area contributed by atoms with Crippen molar-refractivity contribution in [3.63, 3.8) is 0 Å². The molecule has 4 unspecified atom stereocenters. The number of non-ortho nitro benzene ring substituents is 1. The Hall–Kier alpha value is -5.06. The Morgan fingerprint density at radius 3 is 2.18 bits per heavy atom. The van der Waals surface area contributed by atoms with Crippen LogP contribution >= 0.6 is 0 Å². The van der Waals surface area contributed by atoms with Gasteiger partial charge >= 0.3 is 0 Å². The van der Waals surface area contributed by atoms with Crippen molar-refractivity contribution in [3.8, 4) is 5.75 Å². The normalized spacial score (nSPS) is 22.3. The average molecular weight is 514 g/mol. The van der Waals surface area contributed by atoms with E-state index >= 15 is 0 Å². The molecule has 0 radical (unpaired) electrons. The lowest BCUT2D eigenvalue weighted by Gasteiger charge is -2.32. The lowest BCUT2D eigenvalue weighted by atomic mass is 9.86. The molecule has 0 aliphatic carbocycles. The molecule has 2 N–H and O–H groups in total. The highest BCUT2D eigenvalue weighted by atomic mass is 16.6. The number of carbonyl (C=O) groups is 4. The zero-order chi connectivity index (χ0) is 27.1. The van der Waals surface area contributed by atoms with Crippen LogP contribution in [0.5, 0.6) is 5.75 Å². The fourth-order valence-corrected chi connectivity index (χ4v) is 5.36. The molecular formula is C27H22N4O7. The third kappa shape index (κ3) is 3.84. The van der Waals surface area contributed by atoms with E-state index < -0.39 is 52.5 Å². The maximum atomic E-state index is 13.9. The van der Waals surface area contributed by atoms with E-state index in [1.54, 1.807) is 54.6 Å². The maximum absolute atomic E-state index is 13.9. The Labute approximate surface area is 216 Å². The Kier molecular flexibility index (Phi) is 6.11. The minimum Gasteiger partial charge on any atom is -0.497 e. The number of nitrogens with two attached hydrogens (primary N) is 1. The number of anilines is 1. The molecule has 4 amide bonds. The number of hydrogen-bond acceptors (Lipinski definition) is 7. The van der Waals surface area contributed by atoms with Crippen LogP contribution in [0.4, 0.5) is 11.4 Å². The predicted octanol–water partition coefficient (Wildman–Crippen LogP) is 2.46. The average Bonchev–Trinajstić information content (AvgIpc) is 3.41. The van der Waals surface area contributed by atoms with Crippen molar-refractivity contribution in [2.24, 2.45) is 17.6 Å². The van der Waals surface area contributed by atoms with Crippen molar-refractivity contribution in [1.29, 1.82) is 0 Å². The van der Waals surface area contributed by atoms with Crippen molar-refractivity contribution in [1.82, 2.24) is 4.90 Å². The first-order valence-electron chi connectivity index (χ1n) is 11.7. The minimum absolute atomic E-state index is 0.00115. The molecule has 2 saturated heterocycles. The molecule has 3 aromatic rings. The van der Waals surface area contributed by atoms with Crippen molar-refractivity contribution in [3.05, 3.63) is 100 Å². The topological polar surface area (TPSA) is 153 Å². The molecule has 0 spiro atoms. The zero-order valence-electron chi connectivity index (χ0n) is 20.1. The molecule has 2 heterocycles. The van der Waals surface area contributed by atoms with Crippen molar-refractivity contribution >= 4 is 35.0 Å². The van der Waals surface area contributed by atoms with Crippen LogP contribution in [0.25, 0.3) is 0 Å². The number of likely N-dealkylation sites (tertiary alicyclic amines) is 1. The standard InChI is InChI=1S/C27H22N4O7/c1-38-19-12-10-15(11-13-19)22-20-21(23(24(28)32)30(22)25(33)16-6-3-2-4-7-16)27(35)29(26(20)34)17-8-5-9-18(14-17)31(36)37/h2-14,20-23H,1H3,(H2,28,32). The number of rotatable bonds is 6. The summed E-state index contributed by atoms with van der Waals surface area (Å²) in [4.78, 5) is 67.0. The van der Waals surface area contributed by atoms with Gasteiger partial charge in [-0.3, -0.25) is 29.3 Å². The van der Waals surface area contributed by atoms with Gasteiger partial charge < -0.3 is 15.4 Å². The van der Waals surface area contributed by atoms with Gasteiger partial charge in [-0.05, 0) is 35.9 Å². The van der Waals surface area contributed by atoms with Gasteiger partial charge in [0.25, 0.3) is 11.6 Å². The van der Waals surface area contributed by atoms with Crippen molar-refractivity contribution in [2.75, 3.05) is 12.0 Å². The second-order valence-electron chi connectivity index (χ2n) is 8.98. The van der Waals surface area contributed by atoms with E-state index in [2.05, 4.69) is 0 Å². The van der Waals surface area contributed by atoms with Crippen LogP contribution in [0.1, 0.15) is 22.0 Å². The van der Waals surface area contributed by atoms with Gasteiger partial charge in [-0.25, -0.2) is 4.90 Å². The van der Waals surface area contributed by atoms with Crippen LogP contribution in [-0.4, -0.2) is 46.6 Å². The first-order chi connectivity index (χ1) is 18.2. The van der Waals surface area contributed by atoms with E-state index in [-0.39, 0.29) is 16.9 Å². The van der Waals surface area contributed by atoms with Gasteiger partial charge in [0.15, 0.2) is 0 Å². The molecule has 2 aliphatic rings. The van der Waals surface area contributed by atoms with Gasteiger partial charge in [0.2, 0.25) is 17.7 Å². The fraction of sp³-hybridized carbons (Fsp3) is 0.185. The number of primary amides is 1. The van der Waals surface area contributed by atoms with Gasteiger partial charge in [0.1, 0.15) is 11.8 Å². The lowest BCUT2D eigenvalue weighted by Crippen LogP contribution is -2.50. The number of amides is 4. The molecule has 2 fully saturated rings. The first kappa shape index (κ1) is 24.6. The van der Waals surface area contributed by atoms with Crippen LogP contribution in [0.3, 0.4) is 0 Å². The number of nitrogens with zero attached hydrogens (tertiary/aromatic N) is 3. The van der Waals surface area contributed by atoms with E-state index in [1.807, 2.05) is 0 Å². The van der Waals surface area contributed by atoms with Crippen LogP contribution < -0.4 is 15.4 Å². The van der Waals surface area contributed by atoms with E-state index in [0.717, 1.165) is 11.0 Å². The molecule has 192 valence electrons. The first-order valence-corrected chi connectivity index (χ1v) is 11.7. The Balaban J connectivity index is 1.66. The quantitative estimate of drug-likeness (QED) is 0.301. The smallest absolute Gasteiger partial charge is 0.271 e. The number of benzene rings is 3. The molecule has 11 heteroatoms. The summed E-state index contributed by atoms with van der Waals surface area (Å²) in [7, 11) is 1.49.